The molecular weight excluding hydrogens is 287 g/mol. The molecule has 108 valence electrons. The highest BCUT2D eigenvalue weighted by atomic mass is 35.5. The minimum atomic E-state index is -0.854. The lowest BCUT2D eigenvalue weighted by Crippen LogP contribution is -2.44. The maximum atomic E-state index is 10.9. The van der Waals surface area contributed by atoms with Crippen LogP contribution in [0.5, 0.6) is 0 Å². The molecule has 1 aliphatic heterocycles. The Morgan fingerprint density at radius 2 is 1.74 bits per heavy atom. The number of aryl methyl sites for hydroxylation is 1. The van der Waals surface area contributed by atoms with Crippen molar-refractivity contribution < 1.29 is 9.90 Å². The molecule has 0 radical (unpaired) electrons. The minimum Gasteiger partial charge on any atom is -0.478 e. The van der Waals surface area contributed by atoms with E-state index in [4.69, 9.17) is 5.11 Å². The van der Waals surface area contributed by atoms with Crippen LogP contribution in [-0.4, -0.2) is 49.2 Å². The summed E-state index contributed by atoms with van der Waals surface area (Å²) in [5, 5.41) is 8.98. The molecule has 1 aromatic carbocycles. The van der Waals surface area contributed by atoms with Crippen molar-refractivity contribution in [3.8, 4) is 0 Å². The average molecular weight is 307 g/mol. The van der Waals surface area contributed by atoms with Crippen LogP contribution >= 0.6 is 24.8 Å². The number of rotatable bonds is 2. The van der Waals surface area contributed by atoms with E-state index in [1.54, 1.807) is 6.07 Å². The topological polar surface area (TPSA) is 43.8 Å². The maximum Gasteiger partial charge on any atom is 0.335 e. The second kappa shape index (κ2) is 7.58. The number of aromatic carboxylic acids is 1. The molecule has 2 rings (SSSR count). The van der Waals surface area contributed by atoms with Crippen LogP contribution in [0, 0.1) is 6.92 Å². The highest BCUT2D eigenvalue weighted by molar-refractivity contribution is 5.89. The molecule has 1 aliphatic rings. The molecule has 6 heteroatoms. The van der Waals surface area contributed by atoms with Gasteiger partial charge in [0.1, 0.15) is 0 Å². The van der Waals surface area contributed by atoms with Gasteiger partial charge >= 0.3 is 5.97 Å². The van der Waals surface area contributed by atoms with Crippen molar-refractivity contribution >= 4 is 36.5 Å². The number of nitrogens with zero attached hydrogens (tertiary/aromatic N) is 2. The van der Waals surface area contributed by atoms with Gasteiger partial charge in [-0.3, -0.25) is 0 Å². The Morgan fingerprint density at radius 3 is 2.21 bits per heavy atom. The summed E-state index contributed by atoms with van der Waals surface area (Å²) < 4.78 is 0. The number of carboxylic acid groups (broad SMARTS) is 1. The number of carbonyl (C=O) groups is 1. The Balaban J connectivity index is 0.00000162. The van der Waals surface area contributed by atoms with E-state index in [1.165, 1.54) is 0 Å². The van der Waals surface area contributed by atoms with Crippen LogP contribution < -0.4 is 4.90 Å². The van der Waals surface area contributed by atoms with Crippen molar-refractivity contribution in [1.82, 2.24) is 4.90 Å². The van der Waals surface area contributed by atoms with Crippen molar-refractivity contribution in [2.75, 3.05) is 38.1 Å². The number of carboxylic acids is 1. The highest BCUT2D eigenvalue weighted by Crippen LogP contribution is 2.20. The van der Waals surface area contributed by atoms with Gasteiger partial charge in [0, 0.05) is 31.9 Å². The van der Waals surface area contributed by atoms with Crippen LogP contribution in [-0.2, 0) is 0 Å². The first-order valence-corrected chi connectivity index (χ1v) is 5.85. The Kier molecular flexibility index (Phi) is 7.19. The molecular formula is C13H20Cl2N2O2. The zero-order valence-electron chi connectivity index (χ0n) is 11.1. The first-order chi connectivity index (χ1) is 8.08. The first kappa shape index (κ1) is 18.0. The Hall–Kier alpha value is -0.970. The second-order valence-corrected chi connectivity index (χ2v) is 4.59. The monoisotopic (exact) mass is 306 g/mol. The summed E-state index contributed by atoms with van der Waals surface area (Å²) in [4.78, 5) is 15.5. The molecule has 1 heterocycles. The molecule has 0 spiro atoms. The van der Waals surface area contributed by atoms with Crippen molar-refractivity contribution in [3.05, 3.63) is 29.3 Å². The predicted molar refractivity (Wildman–Crippen MR) is 82.3 cm³/mol. The molecule has 1 fully saturated rings. The number of anilines is 1. The van der Waals surface area contributed by atoms with Crippen molar-refractivity contribution in [2.45, 2.75) is 6.92 Å². The third-order valence-corrected chi connectivity index (χ3v) is 3.31. The van der Waals surface area contributed by atoms with Crippen molar-refractivity contribution in [3.63, 3.8) is 0 Å². The molecule has 0 atom stereocenters. The fourth-order valence-corrected chi connectivity index (χ4v) is 2.15. The van der Waals surface area contributed by atoms with E-state index in [9.17, 15) is 4.79 Å². The lowest BCUT2D eigenvalue weighted by Gasteiger charge is -2.34. The van der Waals surface area contributed by atoms with Gasteiger partial charge in [0.2, 0.25) is 0 Å². The Bertz CT molecular complexity index is 433. The first-order valence-electron chi connectivity index (χ1n) is 5.85. The number of hydrogen-bond donors (Lipinski definition) is 1. The molecule has 0 saturated carbocycles. The molecule has 4 nitrogen and oxygen atoms in total. The van der Waals surface area contributed by atoms with Gasteiger partial charge in [-0.15, -0.1) is 24.8 Å². The van der Waals surface area contributed by atoms with Gasteiger partial charge < -0.3 is 14.9 Å². The van der Waals surface area contributed by atoms with E-state index in [0.29, 0.717) is 5.56 Å². The smallest absolute Gasteiger partial charge is 0.335 e. The summed E-state index contributed by atoms with van der Waals surface area (Å²) in [5.74, 6) is -0.854. The van der Waals surface area contributed by atoms with E-state index in [1.807, 2.05) is 19.1 Å². The summed E-state index contributed by atoms with van der Waals surface area (Å²) in [6.07, 6.45) is 0. The number of benzene rings is 1. The molecule has 0 aliphatic carbocycles. The number of halogens is 2. The van der Waals surface area contributed by atoms with Gasteiger partial charge in [-0.25, -0.2) is 4.79 Å². The number of likely N-dealkylation sites (N-methyl/N-ethyl adjacent to an activating group) is 1. The maximum absolute atomic E-state index is 10.9. The summed E-state index contributed by atoms with van der Waals surface area (Å²) in [6.45, 7) is 5.97. The third kappa shape index (κ3) is 4.27. The Labute approximate surface area is 126 Å². The zero-order valence-corrected chi connectivity index (χ0v) is 12.8. The quantitative estimate of drug-likeness (QED) is 0.910. The van der Waals surface area contributed by atoms with Crippen LogP contribution in [0.15, 0.2) is 18.2 Å². The Morgan fingerprint density at radius 1 is 1.16 bits per heavy atom. The second-order valence-electron chi connectivity index (χ2n) is 4.59. The number of hydrogen-bond acceptors (Lipinski definition) is 3. The van der Waals surface area contributed by atoms with E-state index in [0.717, 1.165) is 37.4 Å². The van der Waals surface area contributed by atoms with Gasteiger partial charge in [0.25, 0.3) is 0 Å². The molecule has 0 aromatic heterocycles. The van der Waals surface area contributed by atoms with Gasteiger partial charge in [-0.2, -0.15) is 0 Å². The molecule has 0 amide bonds. The van der Waals surface area contributed by atoms with Crippen LogP contribution in [0.25, 0.3) is 0 Å². The fourth-order valence-electron chi connectivity index (χ4n) is 2.15. The standard InChI is InChI=1S/C13H18N2O2.2ClH/c1-10-9-11(3-4-12(10)13(16)17)15-7-5-14(2)6-8-15;;/h3-4,9H,5-8H2,1-2H3,(H,16,17);2*1H. The van der Waals surface area contributed by atoms with Gasteiger partial charge in [0.05, 0.1) is 5.56 Å². The minimum absolute atomic E-state index is 0. The fraction of sp³-hybridized carbons (Fsp3) is 0.462. The predicted octanol–water partition coefficient (Wildman–Crippen LogP) is 2.29. The van der Waals surface area contributed by atoms with E-state index >= 15 is 0 Å². The van der Waals surface area contributed by atoms with Crippen molar-refractivity contribution in [2.24, 2.45) is 0 Å². The van der Waals surface area contributed by atoms with Gasteiger partial charge in [-0.1, -0.05) is 0 Å². The van der Waals surface area contributed by atoms with E-state index < -0.39 is 5.97 Å². The highest BCUT2D eigenvalue weighted by Gasteiger charge is 2.15. The lowest BCUT2D eigenvalue weighted by atomic mass is 10.1. The third-order valence-electron chi connectivity index (χ3n) is 3.31. The molecule has 1 N–H and O–H groups in total. The number of piperazine rings is 1. The normalized spacial score (nSPS) is 15.4. The van der Waals surface area contributed by atoms with Gasteiger partial charge in [0.15, 0.2) is 0 Å². The summed E-state index contributed by atoms with van der Waals surface area (Å²) in [7, 11) is 2.12. The van der Waals surface area contributed by atoms with E-state index in [2.05, 4.69) is 16.8 Å². The lowest BCUT2D eigenvalue weighted by molar-refractivity contribution is 0.0696. The summed E-state index contributed by atoms with van der Waals surface area (Å²) in [5.41, 5.74) is 2.34. The summed E-state index contributed by atoms with van der Waals surface area (Å²) >= 11 is 0. The largest absolute Gasteiger partial charge is 0.478 e. The molecule has 0 unspecified atom stereocenters. The molecule has 0 bridgehead atoms. The van der Waals surface area contributed by atoms with Crippen LogP contribution in [0.3, 0.4) is 0 Å². The molecule has 19 heavy (non-hydrogen) atoms. The molecule has 1 saturated heterocycles. The van der Waals surface area contributed by atoms with Crippen LogP contribution in [0.4, 0.5) is 5.69 Å². The molecule has 1 aromatic rings. The van der Waals surface area contributed by atoms with Crippen LogP contribution in [0.2, 0.25) is 0 Å². The van der Waals surface area contributed by atoms with Gasteiger partial charge in [-0.05, 0) is 37.7 Å². The summed E-state index contributed by atoms with van der Waals surface area (Å²) in [6, 6.07) is 5.57. The average Bonchev–Trinajstić information content (AvgIpc) is 2.29. The zero-order chi connectivity index (χ0) is 12.4. The SMILES string of the molecule is Cc1cc(N2CCN(C)CC2)ccc1C(=O)O.Cl.Cl. The van der Waals surface area contributed by atoms with Crippen LogP contribution in [0.1, 0.15) is 15.9 Å². The van der Waals surface area contributed by atoms with Crippen molar-refractivity contribution in [1.29, 1.82) is 0 Å². The van der Waals surface area contributed by atoms with E-state index in [-0.39, 0.29) is 24.8 Å².